The van der Waals surface area contributed by atoms with Crippen molar-refractivity contribution in [3.8, 4) is 0 Å². The summed E-state index contributed by atoms with van der Waals surface area (Å²) in [5, 5.41) is 5.37. The van der Waals surface area contributed by atoms with E-state index in [2.05, 4.69) is 22.1 Å². The van der Waals surface area contributed by atoms with E-state index in [9.17, 15) is 0 Å². The van der Waals surface area contributed by atoms with Crippen LogP contribution in [0.3, 0.4) is 0 Å². The Morgan fingerprint density at radius 2 is 2.35 bits per heavy atom. The molecule has 4 rings (SSSR count). The zero-order valence-corrected chi connectivity index (χ0v) is 10.3. The number of rotatable bonds is 0. The molecule has 6 heteroatoms. The zero-order valence-electron chi connectivity index (χ0n) is 9.47. The largest absolute Gasteiger partial charge is 0.333 e. The quantitative estimate of drug-likeness (QED) is 0.603. The average molecular weight is 246 g/mol. The van der Waals surface area contributed by atoms with Crippen LogP contribution in [0.5, 0.6) is 0 Å². The van der Waals surface area contributed by atoms with Gasteiger partial charge in [-0.15, -0.1) is 11.3 Å². The van der Waals surface area contributed by atoms with Crippen molar-refractivity contribution in [2.45, 2.75) is 13.0 Å². The third kappa shape index (κ3) is 1.25. The molecule has 0 saturated carbocycles. The van der Waals surface area contributed by atoms with E-state index >= 15 is 0 Å². The van der Waals surface area contributed by atoms with Crippen molar-refractivity contribution in [2.24, 2.45) is 0 Å². The highest BCUT2D eigenvalue weighted by Gasteiger charge is 2.23. The molecule has 3 aromatic rings. The highest BCUT2D eigenvalue weighted by atomic mass is 32.1. The predicted octanol–water partition coefficient (Wildman–Crippen LogP) is -0.0902. The van der Waals surface area contributed by atoms with Crippen LogP contribution in [0, 0.1) is 0 Å². The summed E-state index contributed by atoms with van der Waals surface area (Å²) in [5.74, 6) is 0. The molecule has 0 aromatic carbocycles. The van der Waals surface area contributed by atoms with Gasteiger partial charge in [-0.1, -0.05) is 0 Å². The molecule has 0 aliphatic carbocycles. The molecule has 3 aromatic heterocycles. The molecule has 0 radical (unpaired) electrons. The minimum absolute atomic E-state index is 0.951. The topological polar surface area (TPSA) is 47.5 Å². The lowest BCUT2D eigenvalue weighted by Gasteiger charge is -2.19. The van der Waals surface area contributed by atoms with Crippen molar-refractivity contribution in [3.63, 3.8) is 0 Å². The lowest BCUT2D eigenvalue weighted by Crippen LogP contribution is -3.08. The van der Waals surface area contributed by atoms with Crippen molar-refractivity contribution in [1.82, 2.24) is 19.6 Å². The second kappa shape index (κ2) is 3.24. The van der Waals surface area contributed by atoms with Gasteiger partial charge in [-0.2, -0.15) is 5.10 Å². The Labute approximate surface area is 102 Å². The highest BCUT2D eigenvalue weighted by Crippen LogP contribution is 2.32. The maximum atomic E-state index is 4.48. The van der Waals surface area contributed by atoms with Gasteiger partial charge in [0.25, 0.3) is 0 Å². The van der Waals surface area contributed by atoms with Crippen LogP contribution >= 0.6 is 11.3 Å². The van der Waals surface area contributed by atoms with Crippen LogP contribution in [-0.4, -0.2) is 33.2 Å². The third-order valence-corrected chi connectivity index (χ3v) is 4.56. The predicted molar refractivity (Wildman–Crippen MR) is 65.3 cm³/mol. The number of hydrogen-bond donors (Lipinski definition) is 1. The summed E-state index contributed by atoms with van der Waals surface area (Å²) in [6.45, 7) is 2.30. The highest BCUT2D eigenvalue weighted by molar-refractivity contribution is 7.19. The maximum absolute atomic E-state index is 4.48. The number of hydrogen-bond acceptors (Lipinski definition) is 4. The second-order valence-corrected chi connectivity index (χ2v) is 5.67. The first kappa shape index (κ1) is 9.49. The number of aromatic nitrogens is 4. The van der Waals surface area contributed by atoms with Gasteiger partial charge in [0.15, 0.2) is 5.65 Å². The molecule has 1 atom stereocenters. The fourth-order valence-corrected chi connectivity index (χ4v) is 3.84. The van der Waals surface area contributed by atoms with Crippen LogP contribution in [0.1, 0.15) is 10.4 Å². The zero-order chi connectivity index (χ0) is 11.4. The van der Waals surface area contributed by atoms with Crippen LogP contribution in [0.4, 0.5) is 0 Å². The molecular formula is C11H12N5S+. The van der Waals surface area contributed by atoms with E-state index in [4.69, 9.17) is 0 Å². The van der Waals surface area contributed by atoms with E-state index in [0.717, 1.165) is 23.4 Å². The standard InChI is InChI=1S/C11H11N5S/c1-15-3-2-7-8(4-15)17-11-9(7)10-12-5-14-16(10)6-13-11/h5-6H,2-4H2,1H3/p+1. The van der Waals surface area contributed by atoms with E-state index in [1.807, 2.05) is 11.3 Å². The number of fused-ring (bicyclic) bond motifs is 5. The first-order chi connectivity index (χ1) is 8.33. The van der Waals surface area contributed by atoms with Gasteiger partial charge in [0.2, 0.25) is 0 Å². The average Bonchev–Trinajstić information content (AvgIpc) is 2.89. The number of quaternary nitrogens is 1. The van der Waals surface area contributed by atoms with Crippen molar-refractivity contribution >= 4 is 27.2 Å². The number of nitrogens with zero attached hydrogens (tertiary/aromatic N) is 4. The lowest BCUT2D eigenvalue weighted by atomic mass is 10.1. The van der Waals surface area contributed by atoms with E-state index in [0.29, 0.717) is 0 Å². The van der Waals surface area contributed by atoms with Crippen molar-refractivity contribution in [1.29, 1.82) is 0 Å². The smallest absolute Gasteiger partial charge is 0.167 e. The Morgan fingerprint density at radius 3 is 3.29 bits per heavy atom. The molecule has 1 aliphatic heterocycles. The molecule has 86 valence electrons. The van der Waals surface area contributed by atoms with Gasteiger partial charge in [0.05, 0.1) is 23.9 Å². The molecule has 1 aliphatic rings. The Hall–Kier alpha value is -1.53. The molecule has 0 fully saturated rings. The van der Waals surface area contributed by atoms with Crippen LogP contribution in [0.25, 0.3) is 15.9 Å². The molecule has 1 N–H and O–H groups in total. The molecule has 0 bridgehead atoms. The monoisotopic (exact) mass is 246 g/mol. The van der Waals surface area contributed by atoms with Crippen LogP contribution in [0.15, 0.2) is 12.7 Å². The van der Waals surface area contributed by atoms with Gasteiger partial charge in [-0.3, -0.25) is 0 Å². The maximum Gasteiger partial charge on any atom is 0.167 e. The molecule has 1 unspecified atom stereocenters. The fraction of sp³-hybridized carbons (Fsp3) is 0.364. The minimum Gasteiger partial charge on any atom is -0.333 e. The van der Waals surface area contributed by atoms with Crippen LogP contribution in [-0.2, 0) is 13.0 Å². The summed E-state index contributed by atoms with van der Waals surface area (Å²) in [7, 11) is 2.24. The summed E-state index contributed by atoms with van der Waals surface area (Å²) >= 11 is 1.81. The summed E-state index contributed by atoms with van der Waals surface area (Å²) in [6.07, 6.45) is 4.47. The van der Waals surface area contributed by atoms with E-state index in [-0.39, 0.29) is 0 Å². The normalized spacial score (nSPS) is 19.9. The minimum atomic E-state index is 0.951. The van der Waals surface area contributed by atoms with Gasteiger partial charge >= 0.3 is 0 Å². The number of thiophene rings is 1. The summed E-state index contributed by atoms with van der Waals surface area (Å²) in [6, 6.07) is 0. The van der Waals surface area contributed by atoms with Gasteiger partial charge < -0.3 is 4.90 Å². The van der Waals surface area contributed by atoms with Gasteiger partial charge in [0, 0.05) is 6.42 Å². The SMILES string of the molecule is C[NH+]1CCc2c(sc3ncn4ncnc4c23)C1. The Bertz CT molecular complexity index is 713. The molecule has 0 spiro atoms. The fourth-order valence-electron chi connectivity index (χ4n) is 2.55. The van der Waals surface area contributed by atoms with Crippen molar-refractivity contribution < 1.29 is 4.90 Å². The van der Waals surface area contributed by atoms with Gasteiger partial charge in [-0.05, 0) is 5.56 Å². The van der Waals surface area contributed by atoms with Crippen LogP contribution < -0.4 is 4.90 Å². The lowest BCUT2D eigenvalue weighted by molar-refractivity contribution is -0.895. The van der Waals surface area contributed by atoms with Gasteiger partial charge in [-0.25, -0.2) is 14.5 Å². The van der Waals surface area contributed by atoms with Crippen molar-refractivity contribution in [2.75, 3.05) is 13.6 Å². The van der Waals surface area contributed by atoms with E-state index < -0.39 is 0 Å². The first-order valence-corrected chi connectivity index (χ1v) is 6.54. The Kier molecular flexibility index (Phi) is 1.81. The Balaban J connectivity index is 2.12. The molecule has 0 saturated heterocycles. The van der Waals surface area contributed by atoms with Crippen molar-refractivity contribution in [3.05, 3.63) is 23.1 Å². The van der Waals surface area contributed by atoms with Gasteiger partial charge in [0.1, 0.15) is 24.0 Å². The summed E-state index contributed by atoms with van der Waals surface area (Å²) in [4.78, 5) is 13.0. The van der Waals surface area contributed by atoms with Crippen LogP contribution in [0.2, 0.25) is 0 Å². The first-order valence-electron chi connectivity index (χ1n) is 5.73. The molecule has 4 heterocycles. The number of likely N-dealkylation sites (N-methyl/N-ethyl adjacent to an activating group) is 1. The molecule has 17 heavy (non-hydrogen) atoms. The second-order valence-electron chi connectivity index (χ2n) is 4.59. The Morgan fingerprint density at radius 1 is 1.41 bits per heavy atom. The number of nitrogens with one attached hydrogen (secondary N) is 1. The molecular weight excluding hydrogens is 234 g/mol. The van der Waals surface area contributed by atoms with E-state index in [1.165, 1.54) is 22.4 Å². The molecule has 5 nitrogen and oxygen atoms in total. The third-order valence-electron chi connectivity index (χ3n) is 3.42. The summed E-state index contributed by atoms with van der Waals surface area (Å²) in [5.41, 5.74) is 2.40. The van der Waals surface area contributed by atoms with E-state index in [1.54, 1.807) is 22.1 Å². The summed E-state index contributed by atoms with van der Waals surface area (Å²) < 4.78 is 1.76. The molecule has 0 amide bonds.